The van der Waals surface area contributed by atoms with Crippen LogP contribution in [0.3, 0.4) is 0 Å². The second-order valence-corrected chi connectivity index (χ2v) is 5.49. The first-order valence-electron chi connectivity index (χ1n) is 7.07. The second kappa shape index (κ2) is 8.52. The molecule has 0 saturated carbocycles. The number of nitrogens with one attached hydrogen (secondary N) is 2. The highest BCUT2D eigenvalue weighted by molar-refractivity contribution is 9.10. The number of guanidine groups is 1. The van der Waals surface area contributed by atoms with E-state index in [0.717, 1.165) is 35.7 Å². The Balaban J connectivity index is 1.84. The summed E-state index contributed by atoms with van der Waals surface area (Å²) in [6, 6.07) is 12.1. The Morgan fingerprint density at radius 1 is 1.19 bits per heavy atom. The van der Waals surface area contributed by atoms with Crippen LogP contribution in [-0.4, -0.2) is 19.0 Å². The van der Waals surface area contributed by atoms with Crippen molar-refractivity contribution >= 4 is 21.9 Å². The van der Waals surface area contributed by atoms with E-state index in [9.17, 15) is 0 Å². The fraction of sp³-hybridized carbons (Fsp3) is 0.312. The van der Waals surface area contributed by atoms with Gasteiger partial charge in [-0.1, -0.05) is 28.1 Å². The summed E-state index contributed by atoms with van der Waals surface area (Å²) in [5.41, 5.74) is 1.18. The van der Waals surface area contributed by atoms with Gasteiger partial charge in [-0.15, -0.1) is 0 Å². The molecule has 2 aromatic rings. The van der Waals surface area contributed by atoms with Crippen LogP contribution in [-0.2, 0) is 13.0 Å². The quantitative estimate of drug-likeness (QED) is 0.621. The van der Waals surface area contributed by atoms with Gasteiger partial charge in [-0.3, -0.25) is 0 Å². The van der Waals surface area contributed by atoms with Crippen molar-refractivity contribution in [2.75, 3.05) is 13.1 Å². The Morgan fingerprint density at radius 3 is 2.67 bits per heavy atom. The molecule has 0 spiro atoms. The number of rotatable bonds is 6. The van der Waals surface area contributed by atoms with Crippen LogP contribution in [0.15, 0.2) is 56.5 Å². The average molecular weight is 350 g/mol. The first-order chi connectivity index (χ1) is 10.3. The number of halogens is 1. The van der Waals surface area contributed by atoms with E-state index in [-0.39, 0.29) is 0 Å². The maximum absolute atomic E-state index is 5.31. The molecule has 1 heterocycles. The first-order valence-corrected chi connectivity index (χ1v) is 7.86. The average Bonchev–Trinajstić information content (AvgIpc) is 3.00. The van der Waals surface area contributed by atoms with Gasteiger partial charge in [0, 0.05) is 24.0 Å². The topological polar surface area (TPSA) is 49.6 Å². The lowest BCUT2D eigenvalue weighted by Gasteiger charge is -2.10. The van der Waals surface area contributed by atoms with Crippen LogP contribution in [0.4, 0.5) is 0 Å². The lowest BCUT2D eigenvalue weighted by molar-refractivity contribution is 0.507. The fourth-order valence-corrected chi connectivity index (χ4v) is 2.13. The number of aliphatic imine (C=N–C) groups is 1. The van der Waals surface area contributed by atoms with Crippen molar-refractivity contribution in [2.24, 2.45) is 4.99 Å². The molecule has 0 radical (unpaired) electrons. The number of nitrogens with zero attached hydrogens (tertiary/aromatic N) is 1. The van der Waals surface area contributed by atoms with Crippen LogP contribution in [0.1, 0.15) is 18.2 Å². The molecule has 21 heavy (non-hydrogen) atoms. The van der Waals surface area contributed by atoms with Crippen molar-refractivity contribution in [1.29, 1.82) is 0 Å². The van der Waals surface area contributed by atoms with Crippen molar-refractivity contribution in [3.05, 3.63) is 58.5 Å². The standard InChI is InChI=1S/C16H20BrN3O/c1-2-18-16(19-10-9-15-4-3-11-21-15)20-12-13-5-7-14(17)8-6-13/h3-8,11H,2,9-10,12H2,1H3,(H2,18,19,20). The Kier molecular flexibility index (Phi) is 6.34. The third-order valence-electron chi connectivity index (χ3n) is 2.92. The molecular formula is C16H20BrN3O. The van der Waals surface area contributed by atoms with Gasteiger partial charge in [-0.05, 0) is 36.8 Å². The van der Waals surface area contributed by atoms with Crippen LogP contribution >= 0.6 is 15.9 Å². The normalized spacial score (nSPS) is 11.4. The summed E-state index contributed by atoms with van der Waals surface area (Å²) in [6.07, 6.45) is 2.54. The molecule has 2 rings (SSSR count). The van der Waals surface area contributed by atoms with Gasteiger partial charge >= 0.3 is 0 Å². The van der Waals surface area contributed by atoms with Crippen molar-refractivity contribution < 1.29 is 4.42 Å². The molecule has 112 valence electrons. The number of hydrogen-bond acceptors (Lipinski definition) is 2. The number of hydrogen-bond donors (Lipinski definition) is 2. The van der Waals surface area contributed by atoms with E-state index in [1.165, 1.54) is 5.56 Å². The number of furan rings is 1. The predicted octanol–water partition coefficient (Wildman–Crippen LogP) is 3.34. The van der Waals surface area contributed by atoms with E-state index in [1.807, 2.05) is 24.3 Å². The van der Waals surface area contributed by atoms with Gasteiger partial charge in [0.25, 0.3) is 0 Å². The van der Waals surface area contributed by atoms with Crippen LogP contribution < -0.4 is 10.6 Å². The van der Waals surface area contributed by atoms with E-state index in [2.05, 4.69) is 50.6 Å². The molecule has 2 N–H and O–H groups in total. The molecule has 0 aliphatic rings. The largest absolute Gasteiger partial charge is 0.469 e. The van der Waals surface area contributed by atoms with E-state index < -0.39 is 0 Å². The molecule has 4 nitrogen and oxygen atoms in total. The van der Waals surface area contributed by atoms with Crippen LogP contribution in [0.25, 0.3) is 0 Å². The third-order valence-corrected chi connectivity index (χ3v) is 3.45. The molecule has 0 bridgehead atoms. The molecule has 0 amide bonds. The van der Waals surface area contributed by atoms with Crippen LogP contribution in [0.2, 0.25) is 0 Å². The summed E-state index contributed by atoms with van der Waals surface area (Å²) in [4.78, 5) is 4.58. The zero-order chi connectivity index (χ0) is 14.9. The van der Waals surface area contributed by atoms with E-state index in [0.29, 0.717) is 6.54 Å². The van der Waals surface area contributed by atoms with E-state index >= 15 is 0 Å². The Labute approximate surface area is 133 Å². The van der Waals surface area contributed by atoms with Gasteiger partial charge in [0.2, 0.25) is 0 Å². The van der Waals surface area contributed by atoms with Gasteiger partial charge < -0.3 is 15.1 Å². The summed E-state index contributed by atoms with van der Waals surface area (Å²) in [7, 11) is 0. The summed E-state index contributed by atoms with van der Waals surface area (Å²) >= 11 is 3.43. The van der Waals surface area contributed by atoms with Crippen molar-refractivity contribution in [3.63, 3.8) is 0 Å². The SMILES string of the molecule is CCNC(=NCc1ccc(Br)cc1)NCCc1ccco1. The van der Waals surface area contributed by atoms with Gasteiger partial charge in [0.05, 0.1) is 12.8 Å². The Bertz CT molecular complexity index is 549. The first kappa shape index (κ1) is 15.6. The minimum absolute atomic E-state index is 0.656. The molecule has 0 unspecified atom stereocenters. The van der Waals surface area contributed by atoms with Crippen LogP contribution in [0, 0.1) is 0 Å². The molecule has 0 fully saturated rings. The summed E-state index contributed by atoms with van der Waals surface area (Å²) in [6.45, 7) is 4.35. The Morgan fingerprint density at radius 2 is 2.00 bits per heavy atom. The lowest BCUT2D eigenvalue weighted by Crippen LogP contribution is -2.38. The second-order valence-electron chi connectivity index (χ2n) is 4.58. The summed E-state index contributed by atoms with van der Waals surface area (Å²) < 4.78 is 6.39. The highest BCUT2D eigenvalue weighted by Crippen LogP contribution is 2.11. The van der Waals surface area contributed by atoms with E-state index in [1.54, 1.807) is 6.26 Å². The molecule has 1 aromatic heterocycles. The van der Waals surface area contributed by atoms with Crippen molar-refractivity contribution in [2.45, 2.75) is 19.9 Å². The molecule has 0 saturated heterocycles. The number of benzene rings is 1. The minimum Gasteiger partial charge on any atom is -0.469 e. The van der Waals surface area contributed by atoms with E-state index in [4.69, 9.17) is 4.42 Å². The molecular weight excluding hydrogens is 330 g/mol. The highest BCUT2D eigenvalue weighted by Gasteiger charge is 1.99. The molecule has 5 heteroatoms. The zero-order valence-corrected chi connectivity index (χ0v) is 13.7. The highest BCUT2D eigenvalue weighted by atomic mass is 79.9. The van der Waals surface area contributed by atoms with Crippen molar-refractivity contribution in [3.8, 4) is 0 Å². The molecule has 0 atom stereocenters. The van der Waals surface area contributed by atoms with Crippen LogP contribution in [0.5, 0.6) is 0 Å². The monoisotopic (exact) mass is 349 g/mol. The molecule has 0 aliphatic carbocycles. The maximum atomic E-state index is 5.31. The van der Waals surface area contributed by atoms with Crippen molar-refractivity contribution in [1.82, 2.24) is 10.6 Å². The molecule has 0 aliphatic heterocycles. The predicted molar refractivity (Wildman–Crippen MR) is 89.4 cm³/mol. The lowest BCUT2D eigenvalue weighted by atomic mass is 10.2. The van der Waals surface area contributed by atoms with Gasteiger partial charge in [0.15, 0.2) is 5.96 Å². The summed E-state index contributed by atoms with van der Waals surface area (Å²) in [5, 5.41) is 6.55. The van der Waals surface area contributed by atoms with Gasteiger partial charge in [-0.2, -0.15) is 0 Å². The maximum Gasteiger partial charge on any atom is 0.191 e. The summed E-state index contributed by atoms with van der Waals surface area (Å²) in [5.74, 6) is 1.80. The minimum atomic E-state index is 0.656. The smallest absolute Gasteiger partial charge is 0.191 e. The third kappa shape index (κ3) is 5.63. The Hall–Kier alpha value is -1.75. The zero-order valence-electron chi connectivity index (χ0n) is 12.1. The van der Waals surface area contributed by atoms with Gasteiger partial charge in [-0.25, -0.2) is 4.99 Å². The fourth-order valence-electron chi connectivity index (χ4n) is 1.86. The van der Waals surface area contributed by atoms with Gasteiger partial charge in [0.1, 0.15) is 5.76 Å². The molecule has 1 aromatic carbocycles.